The van der Waals surface area contributed by atoms with Crippen LogP contribution in [0.5, 0.6) is 0 Å². The first-order valence-corrected chi connectivity index (χ1v) is 36.6. The number of nitrogens with one attached hydrogen (secondary N) is 3. The number of fused-ring (bicyclic) bond motifs is 14. The molecule has 9 heteroatoms. The van der Waals surface area contributed by atoms with Gasteiger partial charge in [0, 0.05) is 93.9 Å². The SMILES string of the molecule is [2H]c1c([2H])c([2H])c2c(oc3c(-c4ccc5ccccc5c4)cc(Nc4ccc(-c5ccccc5)cc4)cc32)c1[2H].c1ccc(-c2cc(Nc3ccc4c5ccccc5n(-c5ccccc5)c4c3)cc3c2oc2ccccc23)cc1.c1ccc(-c2ccc(Nc3cc(-c4nc5ccccc5o4)cc4c3oc3ccccc34)cc2)cc1. The number of oxazole rings is 1. The third kappa shape index (κ3) is 12.3. The van der Waals surface area contributed by atoms with Crippen LogP contribution in [0.15, 0.2) is 406 Å². The average Bonchev–Trinajstić information content (AvgIpc) is 1.99. The molecule has 0 unspecified atom stereocenters. The van der Waals surface area contributed by atoms with Crippen LogP contribution in [-0.2, 0) is 0 Å². The molecule has 3 N–H and O–H groups in total. The zero-order valence-electron chi connectivity index (χ0n) is 63.2. The molecule has 0 aliphatic heterocycles. The quantitative estimate of drug-likeness (QED) is 0.111. The van der Waals surface area contributed by atoms with Crippen molar-refractivity contribution >= 4 is 144 Å². The number of aromatic nitrogens is 2. The van der Waals surface area contributed by atoms with Gasteiger partial charge in [-0.3, -0.25) is 0 Å². The lowest BCUT2D eigenvalue weighted by Gasteiger charge is -2.12. The van der Waals surface area contributed by atoms with Gasteiger partial charge in [-0.15, -0.1) is 0 Å². The van der Waals surface area contributed by atoms with E-state index in [0.29, 0.717) is 22.2 Å². The first-order valence-electron chi connectivity index (χ1n) is 38.6. The van der Waals surface area contributed by atoms with Crippen LogP contribution in [0.3, 0.4) is 0 Å². The van der Waals surface area contributed by atoms with E-state index in [2.05, 4.69) is 251 Å². The fraction of sp³-hybridized carbons (Fsp3) is 0. The molecule has 0 aliphatic carbocycles. The van der Waals surface area contributed by atoms with E-state index in [1.54, 1.807) is 0 Å². The van der Waals surface area contributed by atoms with Crippen molar-refractivity contribution in [3.8, 4) is 61.6 Å². The standard InChI is InChI=1S/C36H24N2O.C34H23NO.C31H20N2O2/c1-3-11-24(12-4-1)31-21-26(22-32-30-16-8-10-18-35(30)39-36(31)32)37-25-19-20-29-28-15-7-9-17-33(28)38(34(29)23-25)27-13-5-2-6-14-27;1-2-8-23(9-3-1)25-16-18-28(19-17-25)35-29-21-31(27-15-14-24-10-4-5-11-26(24)20-27)34-32(22-29)30-12-6-7-13-33(30)36-34;1-2-8-20(9-3-1)21-14-16-23(17-15-21)32-27-19-22(31-33-26-11-5-7-13-29(26)35-31)18-25-24-10-4-6-12-28(24)34-30(25)27/h1-23,37H;1-22,35H;1-19,32H/i;6D,7D,12D,13D;. The van der Waals surface area contributed by atoms with Crippen molar-refractivity contribution in [1.29, 1.82) is 0 Å². The van der Waals surface area contributed by atoms with Crippen molar-refractivity contribution in [3.05, 3.63) is 388 Å². The van der Waals surface area contributed by atoms with Gasteiger partial charge in [-0.25, -0.2) is 4.98 Å². The molecule has 0 atom stereocenters. The highest BCUT2D eigenvalue weighted by molar-refractivity contribution is 6.15. The molecule has 0 amide bonds. The molecule has 0 bridgehead atoms. The number of hydrogen-bond acceptors (Lipinski definition) is 8. The van der Waals surface area contributed by atoms with E-state index in [-0.39, 0.29) is 29.8 Å². The predicted octanol–water partition coefficient (Wildman–Crippen LogP) is 28.7. The van der Waals surface area contributed by atoms with Gasteiger partial charge in [-0.05, 0) is 172 Å². The van der Waals surface area contributed by atoms with E-state index in [0.717, 1.165) is 145 Å². The zero-order chi connectivity index (χ0) is 76.3. The summed E-state index contributed by atoms with van der Waals surface area (Å²) in [5.74, 6) is 0.584. The summed E-state index contributed by atoms with van der Waals surface area (Å²) in [5.41, 5.74) is 24.3. The zero-order valence-corrected chi connectivity index (χ0v) is 59.2. The number of rotatable bonds is 12. The van der Waals surface area contributed by atoms with Crippen LogP contribution in [-0.4, -0.2) is 9.55 Å². The van der Waals surface area contributed by atoms with Gasteiger partial charge in [0.2, 0.25) is 5.89 Å². The Hall–Kier alpha value is -14.9. The number of anilines is 6. The third-order valence-corrected chi connectivity index (χ3v) is 20.4. The highest BCUT2D eigenvalue weighted by Crippen LogP contribution is 2.44. The van der Waals surface area contributed by atoms with Crippen LogP contribution in [0.1, 0.15) is 5.48 Å². The summed E-state index contributed by atoms with van der Waals surface area (Å²) in [6.07, 6.45) is 0. The van der Waals surface area contributed by atoms with E-state index < -0.39 is 0 Å². The second kappa shape index (κ2) is 27.8. The molecule has 17 aromatic carbocycles. The Bertz CT molecular complexity index is 7390. The monoisotopic (exact) mass is 1420 g/mol. The van der Waals surface area contributed by atoms with E-state index in [1.807, 2.05) is 133 Å². The molecule has 110 heavy (non-hydrogen) atoms. The molecule has 5 heterocycles. The Kier molecular flexibility index (Phi) is 15.3. The summed E-state index contributed by atoms with van der Waals surface area (Å²) in [6, 6.07) is 124. The third-order valence-electron chi connectivity index (χ3n) is 20.4. The van der Waals surface area contributed by atoms with Gasteiger partial charge in [0.15, 0.2) is 11.2 Å². The van der Waals surface area contributed by atoms with Crippen LogP contribution < -0.4 is 16.0 Å². The van der Waals surface area contributed by atoms with Crippen molar-refractivity contribution in [2.45, 2.75) is 0 Å². The summed E-state index contributed by atoms with van der Waals surface area (Å²) in [4.78, 5) is 4.72. The Morgan fingerprint density at radius 3 is 1.42 bits per heavy atom. The predicted molar refractivity (Wildman–Crippen MR) is 457 cm³/mol. The molecular formula is C101H67N5O4. The Labute approximate surface area is 638 Å². The maximum atomic E-state index is 8.63. The minimum Gasteiger partial charge on any atom is -0.455 e. The highest BCUT2D eigenvalue weighted by atomic mass is 16.4. The van der Waals surface area contributed by atoms with Gasteiger partial charge in [-0.1, -0.05) is 261 Å². The van der Waals surface area contributed by atoms with Gasteiger partial charge in [-0.2, -0.15) is 0 Å². The van der Waals surface area contributed by atoms with Crippen molar-refractivity contribution in [2.75, 3.05) is 16.0 Å². The largest absolute Gasteiger partial charge is 0.455 e. The summed E-state index contributed by atoms with van der Waals surface area (Å²) in [6.45, 7) is 0. The molecule has 0 aliphatic rings. The van der Waals surface area contributed by atoms with Crippen LogP contribution in [0, 0.1) is 0 Å². The van der Waals surface area contributed by atoms with E-state index in [9.17, 15) is 0 Å². The van der Waals surface area contributed by atoms with Crippen molar-refractivity contribution < 1.29 is 23.2 Å². The lowest BCUT2D eigenvalue weighted by Crippen LogP contribution is -1.95. The number of furan rings is 3. The number of benzene rings is 17. The summed E-state index contributed by atoms with van der Waals surface area (Å²) < 4.78 is 60.8. The smallest absolute Gasteiger partial charge is 0.227 e. The lowest BCUT2D eigenvalue weighted by atomic mass is 9.98. The molecule has 0 fully saturated rings. The average molecular weight is 1420 g/mol. The van der Waals surface area contributed by atoms with Crippen molar-refractivity contribution in [2.24, 2.45) is 0 Å². The first kappa shape index (κ1) is 60.3. The normalized spacial score (nSPS) is 12.0. The molecule has 0 spiro atoms. The molecule has 0 saturated heterocycles. The second-order valence-corrected chi connectivity index (χ2v) is 27.3. The Balaban J connectivity index is 0.000000111. The van der Waals surface area contributed by atoms with E-state index in [1.165, 1.54) is 32.9 Å². The molecule has 520 valence electrons. The number of hydrogen-bond donors (Lipinski definition) is 3. The van der Waals surface area contributed by atoms with Crippen molar-refractivity contribution in [1.82, 2.24) is 9.55 Å². The molecule has 22 rings (SSSR count). The molecule has 5 aromatic heterocycles. The topological polar surface area (TPSA) is 106 Å². The van der Waals surface area contributed by atoms with Crippen molar-refractivity contribution in [3.63, 3.8) is 0 Å². The fourth-order valence-electron chi connectivity index (χ4n) is 15.2. The van der Waals surface area contributed by atoms with Gasteiger partial charge >= 0.3 is 0 Å². The fourth-order valence-corrected chi connectivity index (χ4v) is 15.2. The van der Waals surface area contributed by atoms with Gasteiger partial charge in [0.1, 0.15) is 33.4 Å². The van der Waals surface area contributed by atoms with E-state index in [4.69, 9.17) is 28.1 Å². The summed E-state index contributed by atoms with van der Waals surface area (Å²) in [5, 5.41) is 20.8. The van der Waals surface area contributed by atoms with Crippen LogP contribution >= 0.6 is 0 Å². The Morgan fingerprint density at radius 1 is 0.264 bits per heavy atom. The number of nitrogens with zero attached hydrogens (tertiary/aromatic N) is 2. The molecular weight excluding hydrogens is 1350 g/mol. The summed E-state index contributed by atoms with van der Waals surface area (Å²) in [7, 11) is 0. The molecule has 9 nitrogen and oxygen atoms in total. The summed E-state index contributed by atoms with van der Waals surface area (Å²) >= 11 is 0. The van der Waals surface area contributed by atoms with Crippen LogP contribution in [0.25, 0.3) is 171 Å². The van der Waals surface area contributed by atoms with Gasteiger partial charge in [0.05, 0.1) is 22.2 Å². The second-order valence-electron chi connectivity index (χ2n) is 27.3. The van der Waals surface area contributed by atoms with Crippen LogP contribution in [0.4, 0.5) is 34.1 Å². The first-order chi connectivity index (χ1) is 56.1. The number of para-hydroxylation sites is 7. The lowest BCUT2D eigenvalue weighted by molar-refractivity contribution is 0.620. The maximum absolute atomic E-state index is 8.63. The molecule has 22 aromatic rings. The maximum Gasteiger partial charge on any atom is 0.227 e. The highest BCUT2D eigenvalue weighted by Gasteiger charge is 2.21. The minimum absolute atomic E-state index is 0.108. The Morgan fingerprint density at radius 2 is 0.745 bits per heavy atom. The molecule has 0 radical (unpaired) electrons. The van der Waals surface area contributed by atoms with Gasteiger partial charge in [0.25, 0.3) is 0 Å². The van der Waals surface area contributed by atoms with Gasteiger partial charge < -0.3 is 38.2 Å². The van der Waals surface area contributed by atoms with E-state index >= 15 is 0 Å². The molecule has 0 saturated carbocycles. The van der Waals surface area contributed by atoms with Crippen LogP contribution in [0.2, 0.25) is 0 Å². The minimum atomic E-state index is -0.305.